The van der Waals surface area contributed by atoms with Gasteiger partial charge in [-0.3, -0.25) is 14.9 Å². The summed E-state index contributed by atoms with van der Waals surface area (Å²) in [6.45, 7) is 4.04. The minimum atomic E-state index is -0.302. The maximum absolute atomic E-state index is 12.7. The standard InChI is InChI=1S/C21H17N5O/c1-10-5-6-12(15-9-24-26-19(10)15)16-14-8-11(2)18-13(4-3-7-23-18)20(14)25-21(27)17(16)22/h3-9H,22H2,1-2H3,(H,24,26)(H,25,27). The summed E-state index contributed by atoms with van der Waals surface area (Å²) >= 11 is 0. The Balaban J connectivity index is 2.03. The number of nitrogens with one attached hydrogen (secondary N) is 2. The van der Waals surface area contributed by atoms with E-state index in [0.717, 1.165) is 55.0 Å². The molecule has 0 radical (unpaired) electrons. The van der Waals surface area contributed by atoms with Gasteiger partial charge in [0.05, 0.1) is 22.7 Å². The number of aryl methyl sites for hydroxylation is 2. The number of anilines is 1. The van der Waals surface area contributed by atoms with Gasteiger partial charge in [-0.25, -0.2) is 0 Å². The van der Waals surface area contributed by atoms with Gasteiger partial charge in [0.15, 0.2) is 0 Å². The third kappa shape index (κ3) is 2.10. The van der Waals surface area contributed by atoms with Crippen molar-refractivity contribution in [3.8, 4) is 11.1 Å². The van der Waals surface area contributed by atoms with E-state index in [4.69, 9.17) is 5.73 Å². The summed E-state index contributed by atoms with van der Waals surface area (Å²) in [6.07, 6.45) is 3.53. The maximum atomic E-state index is 12.7. The van der Waals surface area contributed by atoms with Crippen molar-refractivity contribution in [2.45, 2.75) is 13.8 Å². The van der Waals surface area contributed by atoms with Crippen molar-refractivity contribution in [2.75, 3.05) is 5.73 Å². The zero-order valence-electron chi connectivity index (χ0n) is 14.9. The molecule has 2 aromatic carbocycles. The summed E-state index contributed by atoms with van der Waals surface area (Å²) in [4.78, 5) is 20.1. The molecular weight excluding hydrogens is 338 g/mol. The topological polar surface area (TPSA) is 100 Å². The van der Waals surface area contributed by atoms with Crippen molar-refractivity contribution in [1.82, 2.24) is 20.2 Å². The number of rotatable bonds is 1. The first-order valence-corrected chi connectivity index (χ1v) is 8.69. The first-order valence-electron chi connectivity index (χ1n) is 8.69. The van der Waals surface area contributed by atoms with Crippen LogP contribution in [0.4, 0.5) is 5.69 Å². The SMILES string of the molecule is Cc1cc2c(-c3ccc(C)c4[nH]ncc34)c(N)c(=O)[nH]c2c2cccnc12. The average Bonchev–Trinajstić information content (AvgIpc) is 3.16. The van der Waals surface area contributed by atoms with E-state index in [9.17, 15) is 4.79 Å². The molecule has 6 nitrogen and oxygen atoms in total. The molecule has 0 atom stereocenters. The van der Waals surface area contributed by atoms with E-state index in [1.54, 1.807) is 12.4 Å². The number of benzene rings is 2. The summed E-state index contributed by atoms with van der Waals surface area (Å²) in [5, 5.41) is 9.97. The summed E-state index contributed by atoms with van der Waals surface area (Å²) in [5.74, 6) is 0. The van der Waals surface area contributed by atoms with Crippen molar-refractivity contribution in [1.29, 1.82) is 0 Å². The first kappa shape index (κ1) is 15.6. The van der Waals surface area contributed by atoms with E-state index in [1.807, 2.05) is 44.2 Å². The van der Waals surface area contributed by atoms with Crippen LogP contribution in [0.1, 0.15) is 11.1 Å². The number of aromatic amines is 2. The highest BCUT2D eigenvalue weighted by Crippen LogP contribution is 2.38. The predicted molar refractivity (Wildman–Crippen MR) is 109 cm³/mol. The van der Waals surface area contributed by atoms with Gasteiger partial charge in [-0.05, 0) is 48.7 Å². The van der Waals surface area contributed by atoms with Gasteiger partial charge >= 0.3 is 0 Å². The molecule has 0 aliphatic heterocycles. The Morgan fingerprint density at radius 1 is 1.00 bits per heavy atom. The Kier molecular flexibility index (Phi) is 3.12. The van der Waals surface area contributed by atoms with Crippen LogP contribution in [-0.2, 0) is 0 Å². The van der Waals surface area contributed by atoms with Gasteiger partial charge in [0.2, 0.25) is 0 Å². The zero-order chi connectivity index (χ0) is 18.7. The number of hydrogen-bond donors (Lipinski definition) is 3. The zero-order valence-corrected chi connectivity index (χ0v) is 14.9. The number of pyridine rings is 2. The quantitative estimate of drug-likeness (QED) is 0.398. The Morgan fingerprint density at radius 2 is 1.85 bits per heavy atom. The Bertz CT molecular complexity index is 1430. The van der Waals surface area contributed by atoms with E-state index in [1.165, 1.54) is 0 Å². The summed E-state index contributed by atoms with van der Waals surface area (Å²) in [6, 6.07) is 9.89. The monoisotopic (exact) mass is 355 g/mol. The molecule has 0 amide bonds. The second kappa shape index (κ2) is 5.41. The molecule has 4 N–H and O–H groups in total. The summed E-state index contributed by atoms with van der Waals surface area (Å²) < 4.78 is 0. The fourth-order valence-corrected chi connectivity index (χ4v) is 3.88. The molecule has 0 aliphatic rings. The van der Waals surface area contributed by atoms with Gasteiger partial charge in [-0.1, -0.05) is 12.1 Å². The van der Waals surface area contributed by atoms with Crippen molar-refractivity contribution < 1.29 is 0 Å². The number of H-pyrrole nitrogens is 2. The van der Waals surface area contributed by atoms with E-state index in [0.29, 0.717) is 0 Å². The molecule has 132 valence electrons. The largest absolute Gasteiger partial charge is 0.394 e. The lowest BCUT2D eigenvalue weighted by Crippen LogP contribution is -2.14. The van der Waals surface area contributed by atoms with Gasteiger partial charge in [-0.2, -0.15) is 5.10 Å². The van der Waals surface area contributed by atoms with E-state index in [-0.39, 0.29) is 11.2 Å². The third-order valence-electron chi connectivity index (χ3n) is 5.20. The normalized spacial score (nSPS) is 11.6. The summed E-state index contributed by atoms with van der Waals surface area (Å²) in [7, 11) is 0. The number of nitrogens with two attached hydrogens (primary N) is 1. The summed E-state index contributed by atoms with van der Waals surface area (Å²) in [5.41, 5.74) is 12.5. The molecule has 3 heterocycles. The van der Waals surface area contributed by atoms with Crippen LogP contribution >= 0.6 is 0 Å². The minimum Gasteiger partial charge on any atom is -0.394 e. The number of aromatic nitrogens is 4. The molecule has 0 bridgehead atoms. The molecule has 5 aromatic rings. The lowest BCUT2D eigenvalue weighted by molar-refractivity contribution is 1.11. The van der Waals surface area contributed by atoms with Gasteiger partial charge in [-0.15, -0.1) is 0 Å². The molecule has 5 rings (SSSR count). The van der Waals surface area contributed by atoms with Crippen LogP contribution in [0.15, 0.2) is 47.5 Å². The van der Waals surface area contributed by atoms with E-state index >= 15 is 0 Å². The first-order chi connectivity index (χ1) is 13.1. The highest BCUT2D eigenvalue weighted by molar-refractivity contribution is 6.15. The highest BCUT2D eigenvalue weighted by atomic mass is 16.1. The molecule has 0 saturated heterocycles. The second-order valence-corrected chi connectivity index (χ2v) is 6.85. The fourth-order valence-electron chi connectivity index (χ4n) is 3.88. The van der Waals surface area contributed by atoms with E-state index < -0.39 is 0 Å². The van der Waals surface area contributed by atoms with Crippen LogP contribution in [-0.4, -0.2) is 20.2 Å². The third-order valence-corrected chi connectivity index (χ3v) is 5.20. The van der Waals surface area contributed by atoms with Crippen molar-refractivity contribution in [3.05, 3.63) is 64.2 Å². The average molecular weight is 355 g/mol. The maximum Gasteiger partial charge on any atom is 0.272 e. The van der Waals surface area contributed by atoms with Crippen LogP contribution in [0, 0.1) is 13.8 Å². The van der Waals surface area contributed by atoms with Crippen LogP contribution in [0.5, 0.6) is 0 Å². The smallest absolute Gasteiger partial charge is 0.272 e. The van der Waals surface area contributed by atoms with Crippen LogP contribution in [0.2, 0.25) is 0 Å². The number of nitrogen functional groups attached to an aromatic ring is 1. The highest BCUT2D eigenvalue weighted by Gasteiger charge is 2.18. The van der Waals surface area contributed by atoms with Crippen molar-refractivity contribution in [2.24, 2.45) is 0 Å². The molecule has 6 heteroatoms. The van der Waals surface area contributed by atoms with Crippen LogP contribution < -0.4 is 11.3 Å². The number of nitrogens with zero attached hydrogens (tertiary/aromatic N) is 2. The van der Waals surface area contributed by atoms with Crippen LogP contribution in [0.25, 0.3) is 43.8 Å². The fraction of sp³-hybridized carbons (Fsp3) is 0.0952. The van der Waals surface area contributed by atoms with Crippen LogP contribution in [0.3, 0.4) is 0 Å². The van der Waals surface area contributed by atoms with Crippen molar-refractivity contribution >= 4 is 38.4 Å². The van der Waals surface area contributed by atoms with Gasteiger partial charge in [0.1, 0.15) is 5.69 Å². The molecule has 0 unspecified atom stereocenters. The van der Waals surface area contributed by atoms with Gasteiger partial charge < -0.3 is 10.7 Å². The lowest BCUT2D eigenvalue weighted by Gasteiger charge is -2.14. The van der Waals surface area contributed by atoms with Gasteiger partial charge in [0.25, 0.3) is 5.56 Å². The predicted octanol–water partition coefficient (Wildman–Crippen LogP) is 3.82. The molecule has 3 aromatic heterocycles. The minimum absolute atomic E-state index is 0.205. The van der Waals surface area contributed by atoms with E-state index in [2.05, 4.69) is 20.2 Å². The van der Waals surface area contributed by atoms with Crippen molar-refractivity contribution in [3.63, 3.8) is 0 Å². The molecule has 27 heavy (non-hydrogen) atoms. The molecule has 0 saturated carbocycles. The number of hydrogen-bond acceptors (Lipinski definition) is 4. The molecular formula is C21H17N5O. The Hall–Kier alpha value is -3.67. The Labute approximate surface area is 154 Å². The Morgan fingerprint density at radius 3 is 2.70 bits per heavy atom. The number of fused-ring (bicyclic) bond motifs is 4. The molecule has 0 aliphatic carbocycles. The lowest BCUT2D eigenvalue weighted by atomic mass is 9.93. The molecule has 0 spiro atoms. The van der Waals surface area contributed by atoms with Gasteiger partial charge in [0, 0.05) is 27.9 Å². The molecule has 0 fully saturated rings. The second-order valence-electron chi connectivity index (χ2n) is 6.85.